The summed E-state index contributed by atoms with van der Waals surface area (Å²) in [4.78, 5) is 4.23. The second-order valence-electron chi connectivity index (χ2n) is 3.32. The predicted molar refractivity (Wildman–Crippen MR) is 46.9 cm³/mol. The summed E-state index contributed by atoms with van der Waals surface area (Å²) in [5.74, 6) is 0.909. The largest absolute Gasteiger partial charge is 0.380 e. The lowest BCUT2D eigenvalue weighted by Crippen LogP contribution is -2.23. The Morgan fingerprint density at radius 2 is 2.50 bits per heavy atom. The first-order valence-electron chi connectivity index (χ1n) is 3.87. The molecule has 0 aromatic carbocycles. The number of H-pyrrole nitrogens is 1. The lowest BCUT2D eigenvalue weighted by atomic mass is 9.89. The quantitative estimate of drug-likeness (QED) is 0.792. The molecule has 1 atom stereocenters. The first-order valence-corrected chi connectivity index (χ1v) is 4.66. The van der Waals surface area contributed by atoms with E-state index < -0.39 is 0 Å². The zero-order valence-corrected chi connectivity index (χ0v) is 8.39. The van der Waals surface area contributed by atoms with Gasteiger partial charge >= 0.3 is 0 Å². The number of aromatic amines is 1. The maximum Gasteiger partial charge on any atom is 0.217 e. The molecule has 1 unspecified atom stereocenters. The van der Waals surface area contributed by atoms with Crippen molar-refractivity contribution in [3.63, 3.8) is 0 Å². The molecule has 0 bridgehead atoms. The van der Waals surface area contributed by atoms with Gasteiger partial charge in [0.2, 0.25) is 4.73 Å². The fourth-order valence-corrected chi connectivity index (χ4v) is 1.63. The minimum Gasteiger partial charge on any atom is -0.380 e. The highest BCUT2D eigenvalue weighted by Gasteiger charge is 2.34. The van der Waals surface area contributed by atoms with Crippen LogP contribution in [-0.4, -0.2) is 28.4 Å². The molecular weight excluding hydrogens is 222 g/mol. The highest BCUT2D eigenvalue weighted by Crippen LogP contribution is 2.30. The third-order valence-electron chi connectivity index (χ3n) is 2.25. The molecule has 1 aliphatic heterocycles. The van der Waals surface area contributed by atoms with Crippen LogP contribution in [-0.2, 0) is 10.2 Å². The molecule has 1 aromatic rings. The van der Waals surface area contributed by atoms with Crippen LogP contribution >= 0.6 is 15.9 Å². The molecule has 0 spiro atoms. The molecular formula is C7H10BrN3O. The normalized spacial score (nSPS) is 29.5. The van der Waals surface area contributed by atoms with Gasteiger partial charge in [-0.15, -0.1) is 5.10 Å². The van der Waals surface area contributed by atoms with Gasteiger partial charge in [0.15, 0.2) is 0 Å². The topological polar surface area (TPSA) is 50.8 Å². The van der Waals surface area contributed by atoms with Crippen molar-refractivity contribution in [1.29, 1.82) is 0 Å². The number of ether oxygens (including phenoxy) is 1. The van der Waals surface area contributed by atoms with E-state index in [1.807, 2.05) is 0 Å². The second-order valence-corrected chi connectivity index (χ2v) is 4.03. The molecule has 1 aliphatic rings. The van der Waals surface area contributed by atoms with E-state index >= 15 is 0 Å². The number of rotatable bonds is 1. The Labute approximate surface area is 78.8 Å². The average Bonchev–Trinajstić information content (AvgIpc) is 2.59. The number of hydrogen-bond donors (Lipinski definition) is 1. The van der Waals surface area contributed by atoms with Crippen LogP contribution in [0.2, 0.25) is 0 Å². The van der Waals surface area contributed by atoms with Gasteiger partial charge in [0.25, 0.3) is 0 Å². The molecule has 0 aliphatic carbocycles. The highest BCUT2D eigenvalue weighted by molar-refractivity contribution is 9.10. The molecule has 0 amide bonds. The molecule has 1 saturated heterocycles. The van der Waals surface area contributed by atoms with Crippen molar-refractivity contribution >= 4 is 15.9 Å². The Morgan fingerprint density at radius 1 is 1.67 bits per heavy atom. The van der Waals surface area contributed by atoms with Gasteiger partial charge in [-0.25, -0.2) is 4.98 Å². The van der Waals surface area contributed by atoms with Crippen molar-refractivity contribution < 1.29 is 4.74 Å². The van der Waals surface area contributed by atoms with Crippen LogP contribution in [0, 0.1) is 0 Å². The molecule has 2 heterocycles. The summed E-state index contributed by atoms with van der Waals surface area (Å²) in [6, 6.07) is 0. The Morgan fingerprint density at radius 3 is 3.00 bits per heavy atom. The average molecular weight is 232 g/mol. The summed E-state index contributed by atoms with van der Waals surface area (Å²) >= 11 is 3.21. The maximum absolute atomic E-state index is 5.32. The molecule has 2 rings (SSSR count). The van der Waals surface area contributed by atoms with E-state index in [0.29, 0.717) is 4.73 Å². The van der Waals surface area contributed by atoms with Crippen LogP contribution < -0.4 is 0 Å². The van der Waals surface area contributed by atoms with Crippen molar-refractivity contribution in [1.82, 2.24) is 15.2 Å². The van der Waals surface area contributed by atoms with E-state index in [4.69, 9.17) is 4.74 Å². The number of nitrogens with one attached hydrogen (secondary N) is 1. The summed E-state index contributed by atoms with van der Waals surface area (Å²) in [7, 11) is 0. The number of nitrogens with zero attached hydrogens (tertiary/aromatic N) is 2. The summed E-state index contributed by atoms with van der Waals surface area (Å²) in [6.07, 6.45) is 1.01. The number of aromatic nitrogens is 3. The SMILES string of the molecule is CC1(c2nc(Br)n[nH]2)CCOC1. The number of hydrogen-bond acceptors (Lipinski definition) is 3. The molecule has 4 nitrogen and oxygen atoms in total. The van der Waals surface area contributed by atoms with Crippen molar-refractivity contribution in [3.05, 3.63) is 10.6 Å². The first kappa shape index (κ1) is 8.19. The van der Waals surface area contributed by atoms with Crippen LogP contribution in [0.1, 0.15) is 19.2 Å². The Balaban J connectivity index is 2.28. The molecule has 0 saturated carbocycles. The summed E-state index contributed by atoms with van der Waals surface area (Å²) in [5.41, 5.74) is 0.0268. The fraction of sp³-hybridized carbons (Fsp3) is 0.714. The first-order chi connectivity index (χ1) is 5.71. The molecule has 0 radical (unpaired) electrons. The van der Waals surface area contributed by atoms with Gasteiger partial charge in [-0.2, -0.15) is 0 Å². The van der Waals surface area contributed by atoms with Gasteiger partial charge in [-0.05, 0) is 22.4 Å². The fourth-order valence-electron chi connectivity index (χ4n) is 1.37. The monoisotopic (exact) mass is 231 g/mol. The Bertz CT molecular complexity index is 280. The third-order valence-corrected chi connectivity index (χ3v) is 2.60. The molecule has 1 N–H and O–H groups in total. The van der Waals surface area contributed by atoms with E-state index in [-0.39, 0.29) is 5.41 Å². The van der Waals surface area contributed by atoms with Gasteiger partial charge in [0.1, 0.15) is 5.82 Å². The van der Waals surface area contributed by atoms with Crippen LogP contribution in [0.25, 0.3) is 0 Å². The minimum absolute atomic E-state index is 0.0268. The van der Waals surface area contributed by atoms with E-state index in [1.165, 1.54) is 0 Å². The van der Waals surface area contributed by atoms with Crippen molar-refractivity contribution in [2.75, 3.05) is 13.2 Å². The molecule has 66 valence electrons. The zero-order chi connectivity index (χ0) is 8.60. The summed E-state index contributed by atoms with van der Waals surface area (Å²) < 4.78 is 5.94. The van der Waals surface area contributed by atoms with Gasteiger partial charge < -0.3 is 4.74 Å². The van der Waals surface area contributed by atoms with E-state index in [1.54, 1.807) is 0 Å². The smallest absolute Gasteiger partial charge is 0.217 e. The lowest BCUT2D eigenvalue weighted by molar-refractivity contribution is 0.179. The lowest BCUT2D eigenvalue weighted by Gasteiger charge is -2.16. The summed E-state index contributed by atoms with van der Waals surface area (Å²) in [5, 5.41) is 6.83. The van der Waals surface area contributed by atoms with E-state index in [0.717, 1.165) is 25.5 Å². The van der Waals surface area contributed by atoms with Crippen LogP contribution in [0.4, 0.5) is 0 Å². The summed E-state index contributed by atoms with van der Waals surface area (Å²) in [6.45, 7) is 3.68. The Kier molecular flexibility index (Phi) is 1.92. The minimum atomic E-state index is 0.0268. The van der Waals surface area contributed by atoms with Gasteiger partial charge in [-0.3, -0.25) is 5.10 Å². The predicted octanol–water partition coefficient (Wildman–Crippen LogP) is 1.25. The molecule has 1 aromatic heterocycles. The van der Waals surface area contributed by atoms with Crippen molar-refractivity contribution in [2.45, 2.75) is 18.8 Å². The van der Waals surface area contributed by atoms with Gasteiger partial charge in [0, 0.05) is 6.61 Å². The molecule has 5 heteroatoms. The van der Waals surface area contributed by atoms with Crippen LogP contribution in [0.15, 0.2) is 4.73 Å². The standard InChI is InChI=1S/C7H10BrN3O/c1-7(2-3-12-4-7)5-9-6(8)11-10-5/h2-4H2,1H3,(H,9,10,11). The van der Waals surface area contributed by atoms with Gasteiger partial charge in [0.05, 0.1) is 12.0 Å². The number of halogens is 1. The third kappa shape index (κ3) is 1.27. The van der Waals surface area contributed by atoms with E-state index in [9.17, 15) is 0 Å². The Hall–Kier alpha value is -0.420. The van der Waals surface area contributed by atoms with E-state index in [2.05, 4.69) is 38.0 Å². The molecule has 1 fully saturated rings. The van der Waals surface area contributed by atoms with Gasteiger partial charge in [-0.1, -0.05) is 6.92 Å². The molecule has 12 heavy (non-hydrogen) atoms. The zero-order valence-electron chi connectivity index (χ0n) is 6.80. The highest BCUT2D eigenvalue weighted by atomic mass is 79.9. The van der Waals surface area contributed by atoms with Crippen LogP contribution in [0.3, 0.4) is 0 Å². The maximum atomic E-state index is 5.32. The van der Waals surface area contributed by atoms with Crippen molar-refractivity contribution in [3.8, 4) is 0 Å². The second kappa shape index (κ2) is 2.81. The van der Waals surface area contributed by atoms with Crippen LogP contribution in [0.5, 0.6) is 0 Å². The van der Waals surface area contributed by atoms with Crippen molar-refractivity contribution in [2.24, 2.45) is 0 Å².